The van der Waals surface area contributed by atoms with Crippen LogP contribution in [0.2, 0.25) is 0 Å². The van der Waals surface area contributed by atoms with Crippen LogP contribution < -0.4 is 10.1 Å². The maximum Gasteiger partial charge on any atom is 0.339 e. The summed E-state index contributed by atoms with van der Waals surface area (Å²) in [5, 5.41) is 12.0. The van der Waals surface area contributed by atoms with Crippen molar-refractivity contribution in [2.24, 2.45) is 0 Å². The van der Waals surface area contributed by atoms with Crippen molar-refractivity contribution in [2.45, 2.75) is 45.1 Å². The summed E-state index contributed by atoms with van der Waals surface area (Å²) in [5.74, 6) is -1.02. The molecule has 0 saturated heterocycles. The molecule has 2 N–H and O–H groups in total. The molecule has 1 aromatic rings. The van der Waals surface area contributed by atoms with E-state index in [1.54, 1.807) is 12.1 Å². The van der Waals surface area contributed by atoms with Gasteiger partial charge in [-0.25, -0.2) is 4.79 Å². The van der Waals surface area contributed by atoms with Crippen molar-refractivity contribution in [3.8, 4) is 5.75 Å². The summed E-state index contributed by atoms with van der Waals surface area (Å²) in [6.45, 7) is 1.70. The molecule has 1 aliphatic rings. The predicted molar refractivity (Wildman–Crippen MR) is 78.6 cm³/mol. The zero-order valence-electron chi connectivity index (χ0n) is 12.2. The van der Waals surface area contributed by atoms with Crippen molar-refractivity contribution < 1.29 is 19.4 Å². The van der Waals surface area contributed by atoms with E-state index in [1.807, 2.05) is 6.92 Å². The van der Waals surface area contributed by atoms with Crippen LogP contribution >= 0.6 is 0 Å². The highest BCUT2D eigenvalue weighted by molar-refractivity contribution is 5.91. The number of rotatable bonds is 5. The molecule has 0 aromatic heterocycles. The fourth-order valence-electron chi connectivity index (χ4n) is 2.59. The molecule has 1 aliphatic carbocycles. The zero-order chi connectivity index (χ0) is 15.2. The Morgan fingerprint density at radius 3 is 2.67 bits per heavy atom. The van der Waals surface area contributed by atoms with Gasteiger partial charge in [0.2, 0.25) is 0 Å². The van der Waals surface area contributed by atoms with E-state index in [9.17, 15) is 9.59 Å². The van der Waals surface area contributed by atoms with E-state index in [1.165, 1.54) is 12.5 Å². The minimum absolute atomic E-state index is 0.0751. The average molecular weight is 291 g/mol. The van der Waals surface area contributed by atoms with Crippen LogP contribution in [0.3, 0.4) is 0 Å². The third-order valence-electron chi connectivity index (χ3n) is 3.70. The van der Waals surface area contributed by atoms with Crippen molar-refractivity contribution in [3.63, 3.8) is 0 Å². The fraction of sp³-hybridized carbons (Fsp3) is 0.500. The highest BCUT2D eigenvalue weighted by Gasteiger charge is 2.17. The number of amides is 1. The predicted octanol–water partition coefficient (Wildman–Crippen LogP) is 2.52. The Morgan fingerprint density at radius 2 is 2.00 bits per heavy atom. The molecule has 0 unspecified atom stereocenters. The molecule has 0 atom stereocenters. The highest BCUT2D eigenvalue weighted by Crippen LogP contribution is 2.20. The van der Waals surface area contributed by atoms with Gasteiger partial charge in [0.25, 0.3) is 5.91 Å². The minimum atomic E-state index is -1.06. The number of carbonyl (C=O) groups excluding carboxylic acids is 1. The molecule has 0 radical (unpaired) electrons. The van der Waals surface area contributed by atoms with Gasteiger partial charge in [-0.2, -0.15) is 0 Å². The summed E-state index contributed by atoms with van der Waals surface area (Å²) in [6, 6.07) is 5.06. The van der Waals surface area contributed by atoms with Crippen LogP contribution in [0.15, 0.2) is 18.2 Å². The first-order valence-electron chi connectivity index (χ1n) is 7.32. The van der Waals surface area contributed by atoms with Gasteiger partial charge in [-0.15, -0.1) is 0 Å². The SMILES string of the molecule is Cc1ccc(C(=O)O)c(OCC(=O)NC2CCCCC2)c1. The maximum absolute atomic E-state index is 11.9. The summed E-state index contributed by atoms with van der Waals surface area (Å²) < 4.78 is 5.39. The Morgan fingerprint density at radius 1 is 1.29 bits per heavy atom. The van der Waals surface area contributed by atoms with Gasteiger partial charge in [0.15, 0.2) is 6.61 Å². The minimum Gasteiger partial charge on any atom is -0.483 e. The molecular formula is C16H21NO4. The summed E-state index contributed by atoms with van der Waals surface area (Å²) >= 11 is 0. The first kappa shape index (κ1) is 15.4. The Labute approximate surface area is 124 Å². The number of ether oxygens (including phenoxy) is 1. The molecule has 21 heavy (non-hydrogen) atoms. The quantitative estimate of drug-likeness (QED) is 0.874. The first-order valence-corrected chi connectivity index (χ1v) is 7.32. The normalized spacial score (nSPS) is 15.5. The van der Waals surface area contributed by atoms with Crippen molar-refractivity contribution in [3.05, 3.63) is 29.3 Å². The number of benzene rings is 1. The highest BCUT2D eigenvalue weighted by atomic mass is 16.5. The summed E-state index contributed by atoms with van der Waals surface area (Å²) in [4.78, 5) is 23.0. The monoisotopic (exact) mass is 291 g/mol. The van der Waals surface area contributed by atoms with Crippen LogP contribution in [-0.4, -0.2) is 29.6 Å². The topological polar surface area (TPSA) is 75.6 Å². The second kappa shape index (κ2) is 7.11. The van der Waals surface area contributed by atoms with E-state index in [-0.39, 0.29) is 29.9 Å². The second-order valence-corrected chi connectivity index (χ2v) is 5.50. The van der Waals surface area contributed by atoms with Crippen LogP contribution in [-0.2, 0) is 4.79 Å². The van der Waals surface area contributed by atoms with Crippen molar-refractivity contribution in [1.29, 1.82) is 0 Å². The van der Waals surface area contributed by atoms with Crippen molar-refractivity contribution in [1.82, 2.24) is 5.32 Å². The van der Waals surface area contributed by atoms with Gasteiger partial charge in [-0.1, -0.05) is 25.3 Å². The molecule has 5 heteroatoms. The standard InChI is InChI=1S/C16H21NO4/c1-11-7-8-13(16(19)20)14(9-11)21-10-15(18)17-12-5-3-2-4-6-12/h7-9,12H,2-6,10H2,1H3,(H,17,18)(H,19,20). The summed E-state index contributed by atoms with van der Waals surface area (Å²) in [5.41, 5.74) is 0.966. The van der Waals surface area contributed by atoms with E-state index in [4.69, 9.17) is 9.84 Å². The van der Waals surface area contributed by atoms with E-state index < -0.39 is 5.97 Å². The second-order valence-electron chi connectivity index (χ2n) is 5.50. The number of aryl methyl sites for hydroxylation is 1. The van der Waals surface area contributed by atoms with Gasteiger partial charge in [-0.05, 0) is 37.5 Å². The molecule has 0 aliphatic heterocycles. The van der Waals surface area contributed by atoms with Crippen LogP contribution in [0, 0.1) is 6.92 Å². The molecule has 1 aromatic carbocycles. The Bertz CT molecular complexity index is 521. The van der Waals surface area contributed by atoms with E-state index >= 15 is 0 Å². The number of hydrogen-bond acceptors (Lipinski definition) is 3. The lowest BCUT2D eigenvalue weighted by Crippen LogP contribution is -2.39. The maximum atomic E-state index is 11.9. The smallest absolute Gasteiger partial charge is 0.339 e. The molecule has 0 spiro atoms. The Kier molecular flexibility index (Phi) is 5.20. The molecule has 2 rings (SSSR count). The lowest BCUT2D eigenvalue weighted by Gasteiger charge is -2.22. The van der Waals surface area contributed by atoms with Crippen LogP contribution in [0.1, 0.15) is 48.0 Å². The Hall–Kier alpha value is -2.04. The first-order chi connectivity index (χ1) is 10.1. The van der Waals surface area contributed by atoms with Gasteiger partial charge < -0.3 is 15.2 Å². The van der Waals surface area contributed by atoms with Gasteiger partial charge in [0, 0.05) is 6.04 Å². The van der Waals surface area contributed by atoms with Crippen LogP contribution in [0.4, 0.5) is 0 Å². The summed E-state index contributed by atoms with van der Waals surface area (Å²) in [7, 11) is 0. The van der Waals surface area contributed by atoms with Gasteiger partial charge in [0.05, 0.1) is 0 Å². The zero-order valence-corrected chi connectivity index (χ0v) is 12.2. The molecule has 114 valence electrons. The number of carboxylic acids is 1. The molecule has 0 heterocycles. The van der Waals surface area contributed by atoms with Gasteiger partial charge in [0.1, 0.15) is 11.3 Å². The molecule has 1 saturated carbocycles. The lowest BCUT2D eigenvalue weighted by molar-refractivity contribution is -0.124. The third-order valence-corrected chi connectivity index (χ3v) is 3.70. The third kappa shape index (κ3) is 4.48. The van der Waals surface area contributed by atoms with Crippen LogP contribution in [0.5, 0.6) is 5.75 Å². The van der Waals surface area contributed by atoms with Crippen LogP contribution in [0.25, 0.3) is 0 Å². The molecule has 5 nitrogen and oxygen atoms in total. The largest absolute Gasteiger partial charge is 0.483 e. The molecular weight excluding hydrogens is 270 g/mol. The van der Waals surface area contributed by atoms with Gasteiger partial charge in [-0.3, -0.25) is 4.79 Å². The Balaban J connectivity index is 1.91. The van der Waals surface area contributed by atoms with Crippen molar-refractivity contribution >= 4 is 11.9 Å². The number of hydrogen-bond donors (Lipinski definition) is 2. The van der Waals surface area contributed by atoms with Gasteiger partial charge >= 0.3 is 5.97 Å². The van der Waals surface area contributed by atoms with E-state index in [2.05, 4.69) is 5.32 Å². The summed E-state index contributed by atoms with van der Waals surface area (Å²) in [6.07, 6.45) is 5.54. The lowest BCUT2D eigenvalue weighted by atomic mass is 9.95. The van der Waals surface area contributed by atoms with E-state index in [0.29, 0.717) is 0 Å². The number of carboxylic acid groups (broad SMARTS) is 1. The number of nitrogens with one attached hydrogen (secondary N) is 1. The average Bonchev–Trinajstić information content (AvgIpc) is 2.46. The number of aromatic carboxylic acids is 1. The number of carbonyl (C=O) groups is 2. The molecule has 0 bridgehead atoms. The fourth-order valence-corrected chi connectivity index (χ4v) is 2.59. The van der Waals surface area contributed by atoms with E-state index in [0.717, 1.165) is 31.2 Å². The molecule has 1 fully saturated rings. The van der Waals surface area contributed by atoms with Crippen molar-refractivity contribution in [2.75, 3.05) is 6.61 Å². The molecule has 1 amide bonds.